The van der Waals surface area contributed by atoms with Crippen molar-refractivity contribution in [2.75, 3.05) is 37.7 Å². The number of piperidine rings is 1. The third kappa shape index (κ3) is 5.25. The van der Waals surface area contributed by atoms with Gasteiger partial charge >= 0.3 is 0 Å². The fourth-order valence-electron chi connectivity index (χ4n) is 5.81. The van der Waals surface area contributed by atoms with Crippen LogP contribution in [0.3, 0.4) is 0 Å². The van der Waals surface area contributed by atoms with Crippen molar-refractivity contribution in [3.8, 4) is 11.3 Å². The standard InChI is InChI=1S/C32H33N5O5S/c1-19-11-13-20(14-12-19)29-28(31(38)33-2)23-16-22(26(17-27(23)42-29)36(3)43(4,40)41)21-8-7-15-37(18-21)32(39)30-34-24-9-5-6-10-25(24)35-30/h5-6,9-14,16-17,21H,7-8,15,18H2,1-4H3,(H,33,38)(H,34,35)/t21-/m0/s1. The third-order valence-corrected chi connectivity index (χ3v) is 9.37. The summed E-state index contributed by atoms with van der Waals surface area (Å²) < 4.78 is 33.1. The van der Waals surface area contributed by atoms with Crippen molar-refractivity contribution in [3.05, 3.63) is 83.2 Å². The number of fused-ring (bicyclic) bond motifs is 2. The summed E-state index contributed by atoms with van der Waals surface area (Å²) in [6, 6.07) is 18.7. The van der Waals surface area contributed by atoms with Crippen LogP contribution in [-0.2, 0) is 10.0 Å². The monoisotopic (exact) mass is 599 g/mol. The smallest absolute Gasteiger partial charge is 0.289 e. The van der Waals surface area contributed by atoms with Crippen LogP contribution < -0.4 is 9.62 Å². The number of aromatic amines is 1. The van der Waals surface area contributed by atoms with E-state index in [0.29, 0.717) is 46.6 Å². The van der Waals surface area contributed by atoms with E-state index in [1.807, 2.05) is 61.5 Å². The molecule has 1 atom stereocenters. The number of aromatic nitrogens is 2. The van der Waals surface area contributed by atoms with Crippen LogP contribution in [0.25, 0.3) is 33.3 Å². The summed E-state index contributed by atoms with van der Waals surface area (Å²) in [4.78, 5) is 36.2. The molecule has 11 heteroatoms. The first-order chi connectivity index (χ1) is 20.5. The number of rotatable bonds is 6. The normalized spacial score (nSPS) is 15.6. The average molecular weight is 600 g/mol. The number of hydrogen-bond acceptors (Lipinski definition) is 6. The van der Waals surface area contributed by atoms with Gasteiger partial charge in [0.05, 0.1) is 28.5 Å². The van der Waals surface area contributed by atoms with E-state index in [-0.39, 0.29) is 23.6 Å². The minimum absolute atomic E-state index is 0.194. The second kappa shape index (κ2) is 10.9. The minimum atomic E-state index is -3.64. The Morgan fingerprint density at radius 3 is 2.56 bits per heavy atom. The maximum Gasteiger partial charge on any atom is 0.289 e. The zero-order valence-corrected chi connectivity index (χ0v) is 25.3. The second-order valence-electron chi connectivity index (χ2n) is 11.1. The number of nitrogens with one attached hydrogen (secondary N) is 2. The number of likely N-dealkylation sites (tertiary alicyclic amines) is 1. The molecule has 0 bridgehead atoms. The Bertz CT molecular complexity index is 1940. The second-order valence-corrected chi connectivity index (χ2v) is 13.1. The van der Waals surface area contributed by atoms with Gasteiger partial charge in [0.15, 0.2) is 5.82 Å². The van der Waals surface area contributed by atoms with E-state index in [4.69, 9.17) is 4.42 Å². The Hall–Kier alpha value is -4.64. The Morgan fingerprint density at radius 1 is 1.12 bits per heavy atom. The third-order valence-electron chi connectivity index (χ3n) is 8.18. The van der Waals surface area contributed by atoms with Crippen molar-refractivity contribution in [1.29, 1.82) is 0 Å². The highest BCUT2D eigenvalue weighted by Gasteiger charge is 2.32. The highest BCUT2D eigenvalue weighted by Crippen LogP contribution is 2.42. The van der Waals surface area contributed by atoms with E-state index in [1.54, 1.807) is 18.0 Å². The van der Waals surface area contributed by atoms with Crippen molar-refractivity contribution in [2.45, 2.75) is 25.7 Å². The van der Waals surface area contributed by atoms with Gasteiger partial charge in [0.25, 0.3) is 11.8 Å². The molecule has 5 aromatic rings. The van der Waals surface area contributed by atoms with Crippen LogP contribution in [0.2, 0.25) is 0 Å². The number of carbonyl (C=O) groups excluding carboxylic acids is 2. The number of benzene rings is 3. The SMILES string of the molecule is CNC(=O)c1c(-c2ccc(C)cc2)oc2cc(N(C)S(C)(=O)=O)c([C@H]3CCCN(C(=O)c4nc5ccccc5[nH]4)C3)cc12. The first-order valence-electron chi connectivity index (χ1n) is 14.1. The molecule has 6 rings (SSSR count). The highest BCUT2D eigenvalue weighted by atomic mass is 32.2. The lowest BCUT2D eigenvalue weighted by Gasteiger charge is -2.34. The largest absolute Gasteiger partial charge is 0.455 e. The summed E-state index contributed by atoms with van der Waals surface area (Å²) in [5.74, 6) is -0.0400. The predicted molar refractivity (Wildman–Crippen MR) is 167 cm³/mol. The van der Waals surface area contributed by atoms with Gasteiger partial charge in [0, 0.05) is 50.1 Å². The van der Waals surface area contributed by atoms with Crippen molar-refractivity contribution < 1.29 is 22.4 Å². The molecule has 0 saturated carbocycles. The van der Waals surface area contributed by atoms with Gasteiger partial charge in [-0.1, -0.05) is 42.0 Å². The van der Waals surface area contributed by atoms with Crippen LogP contribution in [0, 0.1) is 6.92 Å². The molecule has 0 aliphatic carbocycles. The Kier molecular flexibility index (Phi) is 7.21. The fourth-order valence-corrected chi connectivity index (χ4v) is 6.32. The molecule has 0 spiro atoms. The molecule has 2 N–H and O–H groups in total. The van der Waals surface area contributed by atoms with Crippen molar-refractivity contribution >= 4 is 49.5 Å². The molecule has 3 aromatic carbocycles. The van der Waals surface area contributed by atoms with E-state index in [0.717, 1.165) is 41.3 Å². The average Bonchev–Trinajstić information content (AvgIpc) is 3.61. The van der Waals surface area contributed by atoms with E-state index >= 15 is 0 Å². The van der Waals surface area contributed by atoms with Gasteiger partial charge < -0.3 is 19.6 Å². The lowest BCUT2D eigenvalue weighted by molar-refractivity contribution is 0.0696. The lowest BCUT2D eigenvalue weighted by Crippen LogP contribution is -2.40. The number of anilines is 1. The van der Waals surface area contributed by atoms with Crippen LogP contribution in [0.1, 0.15) is 50.9 Å². The zero-order chi connectivity index (χ0) is 30.5. The van der Waals surface area contributed by atoms with Gasteiger partial charge in [-0.15, -0.1) is 0 Å². The Labute approximate surface area is 249 Å². The molecule has 1 fully saturated rings. The molecule has 2 amide bonds. The van der Waals surface area contributed by atoms with Gasteiger partial charge in [0.2, 0.25) is 10.0 Å². The molecule has 3 heterocycles. The fraction of sp³-hybridized carbons (Fsp3) is 0.281. The van der Waals surface area contributed by atoms with E-state index in [2.05, 4.69) is 15.3 Å². The molecule has 0 radical (unpaired) electrons. The van der Waals surface area contributed by atoms with Crippen molar-refractivity contribution in [3.63, 3.8) is 0 Å². The van der Waals surface area contributed by atoms with Gasteiger partial charge in [-0.2, -0.15) is 0 Å². The van der Waals surface area contributed by atoms with Crippen molar-refractivity contribution in [2.24, 2.45) is 0 Å². The summed E-state index contributed by atoms with van der Waals surface area (Å²) in [7, 11) is -0.569. The van der Waals surface area contributed by atoms with Gasteiger partial charge in [-0.25, -0.2) is 13.4 Å². The first-order valence-corrected chi connectivity index (χ1v) is 16.0. The molecule has 1 aliphatic heterocycles. The quantitative estimate of drug-likeness (QED) is 0.281. The number of furan rings is 1. The minimum Gasteiger partial charge on any atom is -0.455 e. The molecule has 2 aromatic heterocycles. The van der Waals surface area contributed by atoms with Crippen LogP contribution in [0.5, 0.6) is 0 Å². The Balaban J connectivity index is 1.46. The van der Waals surface area contributed by atoms with E-state index < -0.39 is 10.0 Å². The van der Waals surface area contributed by atoms with Crippen LogP contribution >= 0.6 is 0 Å². The molecule has 0 unspecified atom stereocenters. The highest BCUT2D eigenvalue weighted by molar-refractivity contribution is 7.92. The molecule has 222 valence electrons. The number of aryl methyl sites for hydroxylation is 1. The number of H-pyrrole nitrogens is 1. The number of imidazole rings is 1. The summed E-state index contributed by atoms with van der Waals surface area (Å²) >= 11 is 0. The summed E-state index contributed by atoms with van der Waals surface area (Å²) in [6.45, 7) is 2.90. The number of hydrogen-bond donors (Lipinski definition) is 2. The van der Waals surface area contributed by atoms with Crippen molar-refractivity contribution in [1.82, 2.24) is 20.2 Å². The van der Waals surface area contributed by atoms with Crippen LogP contribution in [0.15, 0.2) is 65.1 Å². The van der Waals surface area contributed by atoms with Gasteiger partial charge in [0.1, 0.15) is 11.3 Å². The van der Waals surface area contributed by atoms with Crippen LogP contribution in [-0.4, -0.2) is 68.5 Å². The first kappa shape index (κ1) is 28.5. The molecule has 43 heavy (non-hydrogen) atoms. The zero-order valence-electron chi connectivity index (χ0n) is 24.5. The number of nitrogens with zero attached hydrogens (tertiary/aromatic N) is 3. The maximum absolute atomic E-state index is 13.6. The van der Waals surface area contributed by atoms with Gasteiger partial charge in [-0.3, -0.25) is 13.9 Å². The maximum atomic E-state index is 13.6. The summed E-state index contributed by atoms with van der Waals surface area (Å²) in [5, 5.41) is 3.30. The molecular formula is C32H33N5O5S. The Morgan fingerprint density at radius 2 is 1.86 bits per heavy atom. The summed E-state index contributed by atoms with van der Waals surface area (Å²) in [6.07, 6.45) is 2.60. The van der Waals surface area contributed by atoms with E-state index in [9.17, 15) is 18.0 Å². The molecule has 1 saturated heterocycles. The molecular weight excluding hydrogens is 566 g/mol. The van der Waals surface area contributed by atoms with E-state index in [1.165, 1.54) is 11.4 Å². The number of carbonyl (C=O) groups is 2. The molecule has 10 nitrogen and oxygen atoms in total. The van der Waals surface area contributed by atoms with Crippen LogP contribution in [0.4, 0.5) is 5.69 Å². The van der Waals surface area contributed by atoms with Gasteiger partial charge in [-0.05, 0) is 43.5 Å². The number of sulfonamides is 1. The number of amides is 2. The molecule has 1 aliphatic rings. The topological polar surface area (TPSA) is 129 Å². The summed E-state index contributed by atoms with van der Waals surface area (Å²) in [5.41, 5.74) is 5.26. The predicted octanol–water partition coefficient (Wildman–Crippen LogP) is 5.06. The number of para-hydroxylation sites is 2. The lowest BCUT2D eigenvalue weighted by atomic mass is 9.88.